The molecule has 0 bridgehead atoms. The summed E-state index contributed by atoms with van der Waals surface area (Å²) in [6, 6.07) is 18.4. The summed E-state index contributed by atoms with van der Waals surface area (Å²) in [6.45, 7) is 1.30. The number of carbonyl (C=O) groups excluding carboxylic acids is 2. The average Bonchev–Trinajstić information content (AvgIpc) is 3.39. The summed E-state index contributed by atoms with van der Waals surface area (Å²) < 4.78 is 5.88. The summed E-state index contributed by atoms with van der Waals surface area (Å²) in [5, 5.41) is 7.42. The minimum absolute atomic E-state index is 0.114. The Bertz CT molecular complexity index is 1160. The van der Waals surface area contributed by atoms with Gasteiger partial charge in [-0.05, 0) is 54.4 Å². The smallest absolute Gasteiger partial charge is 0.269 e. The van der Waals surface area contributed by atoms with Crippen LogP contribution in [0.5, 0.6) is 11.5 Å². The number of hydrazine groups is 1. The second kappa shape index (κ2) is 10.4. The van der Waals surface area contributed by atoms with Crippen LogP contribution in [0.3, 0.4) is 0 Å². The summed E-state index contributed by atoms with van der Waals surface area (Å²) in [7, 11) is 1.55. The van der Waals surface area contributed by atoms with Gasteiger partial charge in [-0.25, -0.2) is 5.43 Å². The van der Waals surface area contributed by atoms with Gasteiger partial charge < -0.3 is 15.4 Å². The number of hydrogen-bond acceptors (Lipinski definition) is 6. The quantitative estimate of drug-likeness (QED) is 0.495. The molecule has 0 spiro atoms. The van der Waals surface area contributed by atoms with Gasteiger partial charge in [-0.3, -0.25) is 19.6 Å². The van der Waals surface area contributed by atoms with E-state index in [-0.39, 0.29) is 17.5 Å². The lowest BCUT2D eigenvalue weighted by molar-refractivity contribution is 0.0947. The summed E-state index contributed by atoms with van der Waals surface area (Å²) in [4.78, 5) is 28.3. The maximum absolute atomic E-state index is 12.5. The van der Waals surface area contributed by atoms with E-state index >= 15 is 0 Å². The predicted molar refractivity (Wildman–Crippen MR) is 126 cm³/mol. The van der Waals surface area contributed by atoms with Gasteiger partial charge in [-0.2, -0.15) is 0 Å². The minimum atomic E-state index is -0.274. The third-order valence-corrected chi connectivity index (χ3v) is 5.07. The number of hydrogen-bond donors (Lipinski definition) is 3. The zero-order valence-electron chi connectivity index (χ0n) is 18.2. The van der Waals surface area contributed by atoms with Crippen molar-refractivity contribution in [1.82, 2.24) is 21.0 Å². The Morgan fingerprint density at radius 3 is 2.64 bits per heavy atom. The molecule has 8 nitrogen and oxygen atoms in total. The van der Waals surface area contributed by atoms with Crippen LogP contribution in [0.2, 0.25) is 0 Å². The Balaban J connectivity index is 1.30. The van der Waals surface area contributed by atoms with E-state index in [9.17, 15) is 9.59 Å². The SMILES string of the molecule is CNC(=O)c1cc(Oc2cccc(CCNC(=O)c3ccc(N4C=CCN4)cc3)c2)ccn1. The highest BCUT2D eigenvalue weighted by Crippen LogP contribution is 2.23. The number of pyridine rings is 1. The molecule has 33 heavy (non-hydrogen) atoms. The molecular formula is C25H25N5O3. The fraction of sp³-hybridized carbons (Fsp3) is 0.160. The molecule has 2 amide bonds. The fourth-order valence-corrected chi connectivity index (χ4v) is 3.36. The van der Waals surface area contributed by atoms with Gasteiger partial charge in [0.1, 0.15) is 17.2 Å². The molecule has 0 aliphatic carbocycles. The fourth-order valence-electron chi connectivity index (χ4n) is 3.36. The number of carbonyl (C=O) groups is 2. The molecule has 0 saturated heterocycles. The molecule has 168 valence electrons. The first-order valence-electron chi connectivity index (χ1n) is 10.6. The predicted octanol–water partition coefficient (Wildman–Crippen LogP) is 3.04. The molecular weight excluding hydrogens is 418 g/mol. The zero-order chi connectivity index (χ0) is 23.0. The third kappa shape index (κ3) is 5.75. The molecule has 2 aromatic carbocycles. The van der Waals surface area contributed by atoms with Crippen molar-refractivity contribution < 1.29 is 14.3 Å². The van der Waals surface area contributed by atoms with E-state index < -0.39 is 0 Å². The van der Waals surface area contributed by atoms with Crippen molar-refractivity contribution >= 4 is 17.5 Å². The summed E-state index contributed by atoms with van der Waals surface area (Å²) in [5.41, 5.74) is 6.10. The van der Waals surface area contributed by atoms with Crippen molar-refractivity contribution in [2.75, 3.05) is 25.1 Å². The van der Waals surface area contributed by atoms with Gasteiger partial charge in [-0.1, -0.05) is 18.2 Å². The van der Waals surface area contributed by atoms with Crippen LogP contribution in [0, 0.1) is 0 Å². The highest BCUT2D eigenvalue weighted by Gasteiger charge is 2.10. The molecule has 3 aromatic rings. The van der Waals surface area contributed by atoms with Crippen LogP contribution in [-0.2, 0) is 6.42 Å². The molecule has 0 unspecified atom stereocenters. The Hall–Kier alpha value is -4.17. The Morgan fingerprint density at radius 1 is 1.06 bits per heavy atom. The molecule has 0 fully saturated rings. The number of amides is 2. The van der Waals surface area contributed by atoms with Gasteiger partial charge in [0.05, 0.1) is 5.69 Å². The van der Waals surface area contributed by atoms with Crippen molar-refractivity contribution in [2.24, 2.45) is 0 Å². The largest absolute Gasteiger partial charge is 0.457 e. The van der Waals surface area contributed by atoms with Crippen molar-refractivity contribution in [1.29, 1.82) is 0 Å². The Kier molecular flexibility index (Phi) is 6.96. The monoisotopic (exact) mass is 443 g/mol. The molecule has 8 heteroatoms. The third-order valence-electron chi connectivity index (χ3n) is 5.07. The lowest BCUT2D eigenvalue weighted by Gasteiger charge is -2.16. The molecule has 0 radical (unpaired) electrons. The Labute approximate surface area is 192 Å². The van der Waals surface area contributed by atoms with Crippen molar-refractivity contribution in [3.63, 3.8) is 0 Å². The number of ether oxygens (including phenoxy) is 1. The molecule has 3 N–H and O–H groups in total. The Morgan fingerprint density at radius 2 is 1.88 bits per heavy atom. The van der Waals surface area contributed by atoms with Crippen LogP contribution in [-0.4, -0.2) is 36.9 Å². The highest BCUT2D eigenvalue weighted by molar-refractivity contribution is 5.94. The van der Waals surface area contributed by atoms with Gasteiger partial charge in [0.15, 0.2) is 0 Å². The second-order valence-electron chi connectivity index (χ2n) is 7.38. The number of nitrogens with zero attached hydrogens (tertiary/aromatic N) is 2. The van der Waals surface area contributed by atoms with Gasteiger partial charge >= 0.3 is 0 Å². The maximum atomic E-state index is 12.5. The molecule has 1 aliphatic rings. The van der Waals surface area contributed by atoms with Crippen LogP contribution >= 0.6 is 0 Å². The summed E-state index contributed by atoms with van der Waals surface area (Å²) >= 11 is 0. The van der Waals surface area contributed by atoms with Gasteiger partial charge in [0.2, 0.25) is 0 Å². The van der Waals surface area contributed by atoms with E-state index in [1.165, 1.54) is 6.20 Å². The van der Waals surface area contributed by atoms with Crippen LogP contribution in [0.4, 0.5) is 5.69 Å². The van der Waals surface area contributed by atoms with Crippen molar-refractivity contribution in [3.05, 3.63) is 96.0 Å². The number of benzene rings is 2. The first kappa shape index (κ1) is 22.0. The number of aromatic nitrogens is 1. The summed E-state index contributed by atoms with van der Waals surface area (Å²) in [6.07, 6.45) is 6.18. The molecule has 0 atom stereocenters. The van der Waals surface area contributed by atoms with Gasteiger partial charge in [0.25, 0.3) is 11.8 Å². The number of anilines is 1. The van der Waals surface area contributed by atoms with E-state index in [0.29, 0.717) is 30.0 Å². The van der Waals surface area contributed by atoms with E-state index in [4.69, 9.17) is 4.74 Å². The first-order valence-corrected chi connectivity index (χ1v) is 10.6. The maximum Gasteiger partial charge on any atom is 0.269 e. The second-order valence-corrected chi connectivity index (χ2v) is 7.38. The highest BCUT2D eigenvalue weighted by atomic mass is 16.5. The lowest BCUT2D eigenvalue weighted by atomic mass is 10.1. The first-order chi connectivity index (χ1) is 16.1. The molecule has 0 saturated carbocycles. The van der Waals surface area contributed by atoms with Gasteiger partial charge in [-0.15, -0.1) is 0 Å². The normalized spacial score (nSPS) is 12.5. The number of rotatable bonds is 8. The molecule has 4 rings (SSSR count). The summed E-state index contributed by atoms with van der Waals surface area (Å²) in [5.74, 6) is 0.784. The minimum Gasteiger partial charge on any atom is -0.457 e. The van der Waals surface area contributed by atoms with Crippen LogP contribution in [0.1, 0.15) is 26.4 Å². The van der Waals surface area contributed by atoms with E-state index in [2.05, 4.69) is 21.0 Å². The number of nitrogens with one attached hydrogen (secondary N) is 3. The van der Waals surface area contributed by atoms with Gasteiger partial charge in [0, 0.05) is 44.2 Å². The topological polar surface area (TPSA) is 95.6 Å². The van der Waals surface area contributed by atoms with Crippen LogP contribution < -0.4 is 25.8 Å². The molecule has 2 heterocycles. The van der Waals surface area contributed by atoms with Crippen molar-refractivity contribution in [2.45, 2.75) is 6.42 Å². The van der Waals surface area contributed by atoms with Crippen molar-refractivity contribution in [3.8, 4) is 11.5 Å². The van der Waals surface area contributed by atoms with E-state index in [1.807, 2.05) is 65.8 Å². The van der Waals surface area contributed by atoms with E-state index in [1.54, 1.807) is 19.2 Å². The van der Waals surface area contributed by atoms with E-state index in [0.717, 1.165) is 17.8 Å². The standard InChI is InChI=1S/C25H25N5O3/c1-26-25(32)23-17-22(11-14-27-23)33-21-5-2-4-18(16-21)10-13-28-24(31)19-6-8-20(9-7-19)30-15-3-12-29-30/h2-9,11,14-17,29H,10,12-13H2,1H3,(H,26,32)(H,28,31). The molecule has 1 aliphatic heterocycles. The zero-order valence-corrected chi connectivity index (χ0v) is 18.2. The average molecular weight is 444 g/mol. The van der Waals surface area contributed by atoms with Crippen LogP contribution in [0.25, 0.3) is 0 Å². The lowest BCUT2D eigenvalue weighted by Crippen LogP contribution is -2.28. The van der Waals surface area contributed by atoms with Crippen LogP contribution in [0.15, 0.2) is 79.1 Å². The molecule has 1 aromatic heterocycles.